The van der Waals surface area contributed by atoms with Crippen LogP contribution in [-0.2, 0) is 0 Å². The molecule has 0 atom stereocenters. The molecule has 9 heteroatoms. The lowest BCUT2D eigenvalue weighted by molar-refractivity contribution is -0.384. The number of nitrogens with zero attached hydrogens (tertiary/aromatic N) is 2. The lowest BCUT2D eigenvalue weighted by Gasteiger charge is -1.94. The predicted octanol–water partition coefficient (Wildman–Crippen LogP) is 1.65. The first-order valence-electron chi connectivity index (χ1n) is 5.12. The van der Waals surface area contributed by atoms with Crippen LogP contribution in [0.15, 0.2) is 28.7 Å². The molecule has 0 spiro atoms. The van der Waals surface area contributed by atoms with E-state index in [-0.39, 0.29) is 17.1 Å². The first-order valence-corrected chi connectivity index (χ1v) is 5.12. The van der Waals surface area contributed by atoms with Crippen LogP contribution in [0.25, 0.3) is 11.5 Å². The number of hydrogen-bond donors (Lipinski definition) is 2. The van der Waals surface area contributed by atoms with Gasteiger partial charge in [-0.15, -0.1) is 0 Å². The number of rotatable bonds is 4. The normalized spacial score (nSPS) is 10.2. The number of aromatic nitrogens is 1. The van der Waals surface area contributed by atoms with Crippen LogP contribution < -0.4 is 0 Å². The molecule has 0 bridgehead atoms. The summed E-state index contributed by atoms with van der Waals surface area (Å²) in [6, 6.07) is 4.89. The van der Waals surface area contributed by atoms with Gasteiger partial charge in [0.25, 0.3) is 5.69 Å². The zero-order valence-electron chi connectivity index (χ0n) is 9.64. The maximum Gasteiger partial charge on any atom is 0.374 e. The molecule has 0 saturated heterocycles. The van der Waals surface area contributed by atoms with Crippen LogP contribution in [-0.4, -0.2) is 32.1 Å². The molecule has 102 valence electrons. The van der Waals surface area contributed by atoms with Gasteiger partial charge in [0.15, 0.2) is 0 Å². The van der Waals surface area contributed by atoms with Crippen LogP contribution in [0.2, 0.25) is 0 Å². The van der Waals surface area contributed by atoms with Gasteiger partial charge in [-0.2, -0.15) is 0 Å². The molecule has 0 aliphatic rings. The zero-order valence-corrected chi connectivity index (χ0v) is 9.64. The summed E-state index contributed by atoms with van der Waals surface area (Å²) >= 11 is 0. The summed E-state index contributed by atoms with van der Waals surface area (Å²) in [4.78, 5) is 35.1. The molecule has 0 saturated carbocycles. The largest absolute Gasteiger partial charge is 0.476 e. The van der Waals surface area contributed by atoms with E-state index in [1.54, 1.807) is 0 Å². The molecule has 20 heavy (non-hydrogen) atoms. The molecule has 1 heterocycles. The Balaban J connectivity index is 2.47. The molecule has 1 aromatic heterocycles. The number of nitro benzene ring substituents is 1. The average molecular weight is 278 g/mol. The summed E-state index contributed by atoms with van der Waals surface area (Å²) < 4.78 is 4.86. The number of benzene rings is 1. The van der Waals surface area contributed by atoms with Crippen LogP contribution in [0.4, 0.5) is 5.69 Å². The fraction of sp³-hybridized carbons (Fsp3) is 0. The fourth-order valence-electron chi connectivity index (χ4n) is 1.46. The summed E-state index contributed by atoms with van der Waals surface area (Å²) in [5.74, 6) is -4.15. The number of non-ortho nitro benzene ring substituents is 1. The number of hydrogen-bond acceptors (Lipinski definition) is 6. The lowest BCUT2D eigenvalue weighted by atomic mass is 10.2. The second-order valence-electron chi connectivity index (χ2n) is 3.61. The highest BCUT2D eigenvalue weighted by Crippen LogP contribution is 2.24. The van der Waals surface area contributed by atoms with E-state index in [4.69, 9.17) is 14.6 Å². The van der Waals surface area contributed by atoms with Crippen molar-refractivity contribution in [3.05, 3.63) is 45.8 Å². The van der Waals surface area contributed by atoms with Crippen LogP contribution >= 0.6 is 0 Å². The van der Waals surface area contributed by atoms with Crippen molar-refractivity contribution in [1.29, 1.82) is 0 Å². The van der Waals surface area contributed by atoms with Crippen molar-refractivity contribution in [3.8, 4) is 11.5 Å². The van der Waals surface area contributed by atoms with Crippen molar-refractivity contribution in [3.63, 3.8) is 0 Å². The lowest BCUT2D eigenvalue weighted by Crippen LogP contribution is -2.05. The summed E-state index contributed by atoms with van der Waals surface area (Å²) in [5.41, 5.74) is -0.673. The fourth-order valence-corrected chi connectivity index (χ4v) is 1.46. The van der Waals surface area contributed by atoms with Gasteiger partial charge in [-0.25, -0.2) is 14.6 Å². The topological polar surface area (TPSA) is 144 Å². The van der Waals surface area contributed by atoms with E-state index in [1.165, 1.54) is 24.3 Å². The minimum absolute atomic E-state index is 0.169. The van der Waals surface area contributed by atoms with E-state index in [2.05, 4.69) is 4.98 Å². The van der Waals surface area contributed by atoms with Crippen molar-refractivity contribution in [2.45, 2.75) is 0 Å². The van der Waals surface area contributed by atoms with Crippen LogP contribution in [0.5, 0.6) is 0 Å². The number of carboxylic acid groups (broad SMARTS) is 2. The highest BCUT2D eigenvalue weighted by Gasteiger charge is 2.25. The number of carboxylic acids is 2. The molecule has 0 aliphatic carbocycles. The molecule has 9 nitrogen and oxygen atoms in total. The van der Waals surface area contributed by atoms with Crippen molar-refractivity contribution in [2.75, 3.05) is 0 Å². The average Bonchev–Trinajstić information content (AvgIpc) is 2.84. The quantitative estimate of drug-likeness (QED) is 0.634. The smallest absolute Gasteiger partial charge is 0.374 e. The van der Waals surface area contributed by atoms with E-state index in [1.807, 2.05) is 0 Å². The molecular weight excluding hydrogens is 272 g/mol. The molecule has 0 aliphatic heterocycles. The van der Waals surface area contributed by atoms with Crippen molar-refractivity contribution in [1.82, 2.24) is 4.98 Å². The molecule has 2 aromatic rings. The number of aromatic carboxylic acids is 2. The molecule has 0 unspecified atom stereocenters. The Morgan fingerprint density at radius 1 is 1.15 bits per heavy atom. The second kappa shape index (κ2) is 4.80. The molecular formula is C11H6N2O7. The Hall–Kier alpha value is -3.23. The van der Waals surface area contributed by atoms with Gasteiger partial charge in [-0.3, -0.25) is 10.1 Å². The van der Waals surface area contributed by atoms with E-state index >= 15 is 0 Å². The van der Waals surface area contributed by atoms with Crippen LogP contribution in [0.3, 0.4) is 0 Å². The van der Waals surface area contributed by atoms with Gasteiger partial charge >= 0.3 is 11.9 Å². The maximum absolute atomic E-state index is 10.8. The third kappa shape index (κ3) is 2.32. The molecule has 1 aromatic carbocycles. The Kier molecular flexibility index (Phi) is 3.17. The van der Waals surface area contributed by atoms with E-state index < -0.39 is 28.3 Å². The summed E-state index contributed by atoms with van der Waals surface area (Å²) in [6.45, 7) is 0. The van der Waals surface area contributed by atoms with Crippen LogP contribution in [0, 0.1) is 10.1 Å². The van der Waals surface area contributed by atoms with E-state index in [0.717, 1.165) is 0 Å². The SMILES string of the molecule is O=C(O)c1nc(-c2ccc([N+](=O)[O-])cc2)oc1C(=O)O. The highest BCUT2D eigenvalue weighted by atomic mass is 16.6. The first kappa shape index (κ1) is 13.2. The monoisotopic (exact) mass is 278 g/mol. The minimum Gasteiger partial charge on any atom is -0.476 e. The predicted molar refractivity (Wildman–Crippen MR) is 62.5 cm³/mol. The standard InChI is InChI=1S/C11H6N2O7/c14-10(15)7-8(11(16)17)20-9(12-7)5-1-3-6(4-2-5)13(18)19/h1-4H,(H,14,15)(H,16,17). The third-order valence-electron chi connectivity index (χ3n) is 2.35. The van der Waals surface area contributed by atoms with Gasteiger partial charge in [0, 0.05) is 17.7 Å². The Morgan fingerprint density at radius 2 is 1.75 bits per heavy atom. The molecule has 2 N–H and O–H groups in total. The Morgan fingerprint density at radius 3 is 2.15 bits per heavy atom. The minimum atomic E-state index is -1.57. The van der Waals surface area contributed by atoms with E-state index in [0.29, 0.717) is 0 Å². The van der Waals surface area contributed by atoms with Gasteiger partial charge in [-0.05, 0) is 12.1 Å². The molecule has 0 amide bonds. The summed E-state index contributed by atoms with van der Waals surface area (Å²) in [6.07, 6.45) is 0. The molecule has 2 rings (SSSR count). The van der Waals surface area contributed by atoms with E-state index in [9.17, 15) is 19.7 Å². The third-order valence-corrected chi connectivity index (χ3v) is 2.35. The summed E-state index contributed by atoms with van der Waals surface area (Å²) in [5, 5.41) is 28.1. The van der Waals surface area contributed by atoms with Crippen molar-refractivity contribution >= 4 is 17.6 Å². The number of carbonyl (C=O) groups is 2. The zero-order chi connectivity index (χ0) is 14.9. The number of oxazole rings is 1. The first-order chi connectivity index (χ1) is 9.40. The van der Waals surface area contributed by atoms with Gasteiger partial charge in [0.2, 0.25) is 17.3 Å². The Labute approximate surface area is 110 Å². The summed E-state index contributed by atoms with van der Waals surface area (Å²) in [7, 11) is 0. The van der Waals surface area contributed by atoms with Crippen molar-refractivity contribution < 1.29 is 29.1 Å². The van der Waals surface area contributed by atoms with Gasteiger partial charge in [0.1, 0.15) is 0 Å². The molecule has 0 fully saturated rings. The second-order valence-corrected chi connectivity index (χ2v) is 3.61. The Bertz CT molecular complexity index is 671. The molecule has 0 radical (unpaired) electrons. The van der Waals surface area contributed by atoms with Gasteiger partial charge in [-0.1, -0.05) is 0 Å². The van der Waals surface area contributed by atoms with Crippen molar-refractivity contribution in [2.24, 2.45) is 0 Å². The number of nitro groups is 1. The maximum atomic E-state index is 10.8. The highest BCUT2D eigenvalue weighted by molar-refractivity contribution is 5.98. The van der Waals surface area contributed by atoms with Crippen LogP contribution in [0.1, 0.15) is 21.0 Å². The van der Waals surface area contributed by atoms with Gasteiger partial charge < -0.3 is 14.6 Å². The van der Waals surface area contributed by atoms with Gasteiger partial charge in [0.05, 0.1) is 4.92 Å².